The van der Waals surface area contributed by atoms with Crippen LogP contribution >= 0.6 is 11.8 Å². The van der Waals surface area contributed by atoms with Crippen molar-refractivity contribution in [3.8, 4) is 0 Å². The molecule has 0 aliphatic carbocycles. The molecule has 2 amide bonds. The number of nitrogens with one attached hydrogen (secondary N) is 1. The summed E-state index contributed by atoms with van der Waals surface area (Å²) in [5.41, 5.74) is -0.194. The van der Waals surface area contributed by atoms with E-state index >= 15 is 0 Å². The number of rotatable bonds is 3. The molecule has 1 aromatic carbocycles. The van der Waals surface area contributed by atoms with E-state index in [9.17, 15) is 22.8 Å². The normalized spacial score (nSPS) is 27.3. The van der Waals surface area contributed by atoms with E-state index in [1.165, 1.54) is 6.07 Å². The first-order chi connectivity index (χ1) is 13.7. The molecule has 0 aromatic heterocycles. The van der Waals surface area contributed by atoms with Crippen molar-refractivity contribution < 1.29 is 27.5 Å². The second kappa shape index (κ2) is 7.39. The Labute approximate surface area is 170 Å². The summed E-state index contributed by atoms with van der Waals surface area (Å²) in [5.74, 6) is -0.111. The molecule has 10 heteroatoms. The van der Waals surface area contributed by atoms with Gasteiger partial charge in [0.15, 0.2) is 0 Å². The van der Waals surface area contributed by atoms with E-state index in [-0.39, 0.29) is 11.6 Å². The first kappa shape index (κ1) is 20.3. The van der Waals surface area contributed by atoms with Gasteiger partial charge in [0, 0.05) is 25.3 Å². The standard InChI is InChI=1S/C19H22F3N3O3S/c1-18-5-4-16(26)25(18)15(11-29-18)17(27)23-13-10-12(19(20,21)22)2-3-14(13)24-6-8-28-9-7-24/h2-3,10,15H,4-9,11H2,1H3,(H,23,27). The molecule has 3 fully saturated rings. The Balaban J connectivity index is 1.62. The summed E-state index contributed by atoms with van der Waals surface area (Å²) >= 11 is 1.54. The van der Waals surface area contributed by atoms with Gasteiger partial charge in [0.2, 0.25) is 11.8 Å². The number of alkyl halides is 3. The van der Waals surface area contributed by atoms with Crippen molar-refractivity contribution in [1.82, 2.24) is 4.90 Å². The van der Waals surface area contributed by atoms with E-state index in [4.69, 9.17) is 4.74 Å². The highest BCUT2D eigenvalue weighted by molar-refractivity contribution is 8.01. The van der Waals surface area contributed by atoms with Crippen molar-refractivity contribution in [3.05, 3.63) is 23.8 Å². The van der Waals surface area contributed by atoms with E-state index in [1.807, 2.05) is 11.8 Å². The molecule has 3 heterocycles. The number of morpholine rings is 1. The Kier molecular flexibility index (Phi) is 5.18. The van der Waals surface area contributed by atoms with Gasteiger partial charge in [0.1, 0.15) is 6.04 Å². The number of carbonyl (C=O) groups excluding carboxylic acids is 2. The molecule has 0 radical (unpaired) electrons. The Morgan fingerprint density at radius 2 is 2.03 bits per heavy atom. The highest BCUT2D eigenvalue weighted by Gasteiger charge is 2.53. The minimum Gasteiger partial charge on any atom is -0.378 e. The largest absolute Gasteiger partial charge is 0.416 e. The Bertz CT molecular complexity index is 829. The zero-order valence-electron chi connectivity index (χ0n) is 15.9. The van der Waals surface area contributed by atoms with Crippen LogP contribution in [0.2, 0.25) is 0 Å². The van der Waals surface area contributed by atoms with Crippen LogP contribution in [-0.2, 0) is 20.5 Å². The topological polar surface area (TPSA) is 61.9 Å². The van der Waals surface area contributed by atoms with Crippen LogP contribution in [0.15, 0.2) is 18.2 Å². The zero-order valence-corrected chi connectivity index (χ0v) is 16.7. The summed E-state index contributed by atoms with van der Waals surface area (Å²) in [6.45, 7) is 3.91. The molecule has 6 nitrogen and oxygen atoms in total. The first-order valence-corrected chi connectivity index (χ1v) is 10.5. The molecule has 3 aliphatic rings. The van der Waals surface area contributed by atoms with Crippen LogP contribution in [0.5, 0.6) is 0 Å². The van der Waals surface area contributed by atoms with Gasteiger partial charge in [-0.05, 0) is 31.5 Å². The predicted octanol–water partition coefficient (Wildman–Crippen LogP) is 2.93. The number of anilines is 2. The third kappa shape index (κ3) is 3.79. The Morgan fingerprint density at radius 3 is 2.72 bits per heavy atom. The fourth-order valence-electron chi connectivity index (χ4n) is 4.12. The van der Waals surface area contributed by atoms with E-state index in [0.717, 1.165) is 12.1 Å². The van der Waals surface area contributed by atoms with Crippen molar-refractivity contribution in [1.29, 1.82) is 0 Å². The van der Waals surface area contributed by atoms with Crippen LogP contribution in [0.1, 0.15) is 25.3 Å². The SMILES string of the molecule is CC12CCC(=O)N1C(C(=O)Nc1cc(C(F)(F)F)ccc1N1CCOCC1)CS2. The third-order valence-electron chi connectivity index (χ3n) is 5.68. The lowest BCUT2D eigenvalue weighted by molar-refractivity contribution is -0.137. The van der Waals surface area contributed by atoms with E-state index < -0.39 is 28.6 Å². The Morgan fingerprint density at radius 1 is 1.31 bits per heavy atom. The average Bonchev–Trinajstić information content (AvgIpc) is 3.17. The van der Waals surface area contributed by atoms with E-state index in [0.29, 0.717) is 50.6 Å². The lowest BCUT2D eigenvalue weighted by atomic mass is 10.1. The number of thioether (sulfide) groups is 1. The second-order valence-corrected chi connectivity index (χ2v) is 9.09. The highest BCUT2D eigenvalue weighted by Crippen LogP contribution is 2.47. The molecule has 0 bridgehead atoms. The van der Waals surface area contributed by atoms with Gasteiger partial charge in [-0.15, -0.1) is 11.8 Å². The van der Waals surface area contributed by atoms with Gasteiger partial charge in [0.25, 0.3) is 0 Å². The van der Waals surface area contributed by atoms with E-state index in [2.05, 4.69) is 5.32 Å². The van der Waals surface area contributed by atoms with Gasteiger partial charge in [-0.1, -0.05) is 0 Å². The maximum atomic E-state index is 13.3. The van der Waals surface area contributed by atoms with Gasteiger partial charge < -0.3 is 19.9 Å². The fraction of sp³-hybridized carbons (Fsp3) is 0.579. The smallest absolute Gasteiger partial charge is 0.378 e. The van der Waals surface area contributed by atoms with Crippen molar-refractivity contribution >= 4 is 35.0 Å². The second-order valence-electron chi connectivity index (χ2n) is 7.58. The zero-order chi connectivity index (χ0) is 20.8. The number of benzene rings is 1. The minimum absolute atomic E-state index is 0.0879. The van der Waals surface area contributed by atoms with Crippen LogP contribution in [0.25, 0.3) is 0 Å². The number of nitrogens with zero attached hydrogens (tertiary/aromatic N) is 2. The lowest BCUT2D eigenvalue weighted by Gasteiger charge is -2.32. The monoisotopic (exact) mass is 429 g/mol. The molecular formula is C19H22F3N3O3S. The number of hydrogen-bond donors (Lipinski definition) is 1. The molecule has 0 saturated carbocycles. The number of fused-ring (bicyclic) bond motifs is 1. The number of carbonyl (C=O) groups is 2. The number of amides is 2. The number of hydrogen-bond acceptors (Lipinski definition) is 5. The molecule has 3 aliphatic heterocycles. The minimum atomic E-state index is -4.52. The summed E-state index contributed by atoms with van der Waals surface area (Å²) < 4.78 is 45.1. The molecular weight excluding hydrogens is 407 g/mol. The van der Waals surface area contributed by atoms with Crippen LogP contribution in [0.4, 0.5) is 24.5 Å². The maximum absolute atomic E-state index is 13.3. The van der Waals surface area contributed by atoms with Gasteiger partial charge in [0.05, 0.1) is 35.0 Å². The molecule has 1 N–H and O–H groups in total. The molecule has 158 valence electrons. The van der Waals surface area contributed by atoms with Gasteiger partial charge in [-0.2, -0.15) is 13.2 Å². The molecule has 1 aromatic rings. The molecule has 4 rings (SSSR count). The van der Waals surface area contributed by atoms with Gasteiger partial charge >= 0.3 is 6.18 Å². The summed E-state index contributed by atoms with van der Waals surface area (Å²) in [4.78, 5) is 28.4. The van der Waals surface area contributed by atoms with Crippen molar-refractivity contribution in [2.45, 2.75) is 36.9 Å². The van der Waals surface area contributed by atoms with Crippen molar-refractivity contribution in [2.24, 2.45) is 0 Å². The molecule has 2 atom stereocenters. The third-order valence-corrected chi connectivity index (χ3v) is 7.19. The molecule has 29 heavy (non-hydrogen) atoms. The van der Waals surface area contributed by atoms with Gasteiger partial charge in [-0.3, -0.25) is 9.59 Å². The van der Waals surface area contributed by atoms with Crippen LogP contribution in [0, 0.1) is 0 Å². The van der Waals surface area contributed by atoms with Crippen molar-refractivity contribution in [2.75, 3.05) is 42.3 Å². The van der Waals surface area contributed by atoms with Crippen molar-refractivity contribution in [3.63, 3.8) is 0 Å². The first-order valence-electron chi connectivity index (χ1n) is 9.50. The maximum Gasteiger partial charge on any atom is 0.416 e. The van der Waals surface area contributed by atoms with Crippen LogP contribution in [0.3, 0.4) is 0 Å². The van der Waals surface area contributed by atoms with Crippen LogP contribution < -0.4 is 10.2 Å². The summed E-state index contributed by atoms with van der Waals surface area (Å²) in [6, 6.07) is 2.69. The van der Waals surface area contributed by atoms with Gasteiger partial charge in [-0.25, -0.2) is 0 Å². The Hall–Kier alpha value is -1.94. The average molecular weight is 429 g/mol. The summed E-state index contributed by atoms with van der Waals surface area (Å²) in [7, 11) is 0. The summed E-state index contributed by atoms with van der Waals surface area (Å²) in [6.07, 6.45) is -3.46. The number of halogens is 3. The van der Waals surface area contributed by atoms with E-state index in [1.54, 1.807) is 16.7 Å². The quantitative estimate of drug-likeness (QED) is 0.801. The lowest BCUT2D eigenvalue weighted by Crippen LogP contribution is -2.48. The number of ether oxygens (including phenoxy) is 1. The predicted molar refractivity (Wildman–Crippen MR) is 104 cm³/mol. The molecule has 3 saturated heterocycles. The molecule has 2 unspecified atom stereocenters. The van der Waals surface area contributed by atoms with Crippen LogP contribution in [-0.4, -0.2) is 59.7 Å². The fourth-order valence-corrected chi connectivity index (χ4v) is 5.56. The summed E-state index contributed by atoms with van der Waals surface area (Å²) in [5, 5.41) is 2.68. The highest BCUT2D eigenvalue weighted by atomic mass is 32.2. The molecule has 0 spiro atoms.